The van der Waals surface area contributed by atoms with E-state index in [1.807, 2.05) is 13.0 Å². The Hall–Kier alpha value is -1.62. The number of hydrogen-bond acceptors (Lipinski definition) is 3. The van der Waals surface area contributed by atoms with Crippen molar-refractivity contribution in [2.24, 2.45) is 0 Å². The lowest BCUT2D eigenvalue weighted by atomic mass is 10.3. The average Bonchev–Trinajstić information content (AvgIpc) is 2.68. The molecule has 82 valence electrons. The minimum absolute atomic E-state index is 0.257. The van der Waals surface area contributed by atoms with E-state index < -0.39 is 0 Å². The first-order valence-electron chi connectivity index (χ1n) is 4.64. The average molecular weight is 281 g/mol. The predicted molar refractivity (Wildman–Crippen MR) is 63.3 cm³/mol. The number of nitrogens with one attached hydrogen (secondary N) is 1. The second-order valence-corrected chi connectivity index (χ2v) is 4.03. The molecule has 0 atom stereocenters. The van der Waals surface area contributed by atoms with Gasteiger partial charge in [-0.2, -0.15) is 0 Å². The Balaban J connectivity index is 2.10. The molecule has 0 fully saturated rings. The Bertz CT molecular complexity index is 505. The molecule has 0 saturated heterocycles. The highest BCUT2D eigenvalue weighted by Crippen LogP contribution is 2.15. The normalized spacial score (nSPS) is 10.1. The van der Waals surface area contributed by atoms with E-state index in [-0.39, 0.29) is 11.7 Å². The third-order valence-electron chi connectivity index (χ3n) is 1.97. The van der Waals surface area contributed by atoms with Crippen molar-refractivity contribution >= 4 is 27.5 Å². The van der Waals surface area contributed by atoms with Crippen LogP contribution in [0.5, 0.6) is 0 Å². The molecule has 0 unspecified atom stereocenters. The van der Waals surface area contributed by atoms with E-state index in [0.29, 0.717) is 10.4 Å². The van der Waals surface area contributed by atoms with Gasteiger partial charge in [-0.25, -0.2) is 0 Å². The lowest BCUT2D eigenvalue weighted by Crippen LogP contribution is -2.10. The monoisotopic (exact) mass is 280 g/mol. The van der Waals surface area contributed by atoms with Crippen molar-refractivity contribution < 1.29 is 9.21 Å². The molecule has 2 aromatic heterocycles. The van der Waals surface area contributed by atoms with E-state index in [4.69, 9.17) is 4.42 Å². The van der Waals surface area contributed by atoms with Crippen molar-refractivity contribution in [2.75, 3.05) is 5.32 Å². The van der Waals surface area contributed by atoms with Crippen LogP contribution in [-0.2, 0) is 0 Å². The van der Waals surface area contributed by atoms with Crippen LogP contribution in [0.3, 0.4) is 0 Å². The third-order valence-corrected chi connectivity index (χ3v) is 2.39. The first-order valence-corrected chi connectivity index (χ1v) is 5.44. The van der Waals surface area contributed by atoms with Gasteiger partial charge in [0, 0.05) is 5.69 Å². The highest BCUT2D eigenvalue weighted by molar-refractivity contribution is 9.10. The maximum atomic E-state index is 11.7. The number of rotatable bonds is 2. The van der Waals surface area contributed by atoms with Crippen molar-refractivity contribution in [1.82, 2.24) is 4.98 Å². The van der Waals surface area contributed by atoms with E-state index >= 15 is 0 Å². The second kappa shape index (κ2) is 4.49. The second-order valence-electron chi connectivity index (χ2n) is 3.25. The molecule has 1 N–H and O–H groups in total. The smallest absolute Gasteiger partial charge is 0.291 e. The summed E-state index contributed by atoms with van der Waals surface area (Å²) >= 11 is 3.14. The number of furan rings is 1. The van der Waals surface area contributed by atoms with E-state index in [2.05, 4.69) is 26.2 Å². The number of pyridine rings is 1. The number of amides is 1. The van der Waals surface area contributed by atoms with Crippen LogP contribution in [0.2, 0.25) is 0 Å². The Labute approximate surface area is 101 Å². The Kier molecular flexibility index (Phi) is 3.05. The van der Waals surface area contributed by atoms with Crippen LogP contribution in [-0.4, -0.2) is 10.9 Å². The summed E-state index contributed by atoms with van der Waals surface area (Å²) in [6.07, 6.45) is 1.60. The van der Waals surface area contributed by atoms with Crippen LogP contribution in [0.15, 0.2) is 39.5 Å². The van der Waals surface area contributed by atoms with Crippen LogP contribution < -0.4 is 5.32 Å². The van der Waals surface area contributed by atoms with Crippen molar-refractivity contribution in [2.45, 2.75) is 6.92 Å². The fraction of sp³-hybridized carbons (Fsp3) is 0.0909. The molecule has 0 aliphatic rings. The van der Waals surface area contributed by atoms with Gasteiger partial charge >= 0.3 is 0 Å². The van der Waals surface area contributed by atoms with Crippen molar-refractivity contribution in [3.05, 3.63) is 46.6 Å². The molecule has 0 radical (unpaired) electrons. The first kappa shape index (κ1) is 10.9. The van der Waals surface area contributed by atoms with Gasteiger partial charge in [-0.1, -0.05) is 0 Å². The van der Waals surface area contributed by atoms with Gasteiger partial charge in [-0.3, -0.25) is 9.78 Å². The Morgan fingerprint density at radius 3 is 2.75 bits per heavy atom. The lowest BCUT2D eigenvalue weighted by Gasteiger charge is -2.02. The number of aryl methyl sites for hydroxylation is 1. The molecule has 4 nitrogen and oxygen atoms in total. The molecule has 16 heavy (non-hydrogen) atoms. The van der Waals surface area contributed by atoms with E-state index in [1.54, 1.807) is 24.4 Å². The zero-order valence-corrected chi connectivity index (χ0v) is 10.1. The number of carbonyl (C=O) groups excluding carboxylic acids is 1. The quantitative estimate of drug-likeness (QED) is 0.920. The SMILES string of the molecule is Cc1ccc(NC(=O)c2ccc(Br)o2)cn1. The van der Waals surface area contributed by atoms with E-state index in [0.717, 1.165) is 5.69 Å². The van der Waals surface area contributed by atoms with Crippen LogP contribution in [0.4, 0.5) is 5.69 Å². The number of halogens is 1. The highest BCUT2D eigenvalue weighted by Gasteiger charge is 2.10. The number of anilines is 1. The van der Waals surface area contributed by atoms with Crippen molar-refractivity contribution in [3.8, 4) is 0 Å². The summed E-state index contributed by atoms with van der Waals surface area (Å²) in [7, 11) is 0. The van der Waals surface area contributed by atoms with Crippen LogP contribution in [0.25, 0.3) is 0 Å². The van der Waals surface area contributed by atoms with Gasteiger partial charge in [0.1, 0.15) is 0 Å². The molecule has 5 heteroatoms. The van der Waals surface area contributed by atoms with Gasteiger partial charge in [0.15, 0.2) is 10.4 Å². The maximum absolute atomic E-state index is 11.7. The summed E-state index contributed by atoms with van der Waals surface area (Å²) in [6, 6.07) is 6.88. The first-order chi connectivity index (χ1) is 7.65. The number of carbonyl (C=O) groups is 1. The molecule has 0 aliphatic carbocycles. The van der Waals surface area contributed by atoms with Gasteiger partial charge in [-0.05, 0) is 47.1 Å². The minimum Gasteiger partial charge on any atom is -0.444 e. The molecule has 2 aromatic rings. The number of hydrogen-bond donors (Lipinski definition) is 1. The fourth-order valence-corrected chi connectivity index (χ4v) is 1.48. The van der Waals surface area contributed by atoms with Gasteiger partial charge in [0.25, 0.3) is 5.91 Å². The standard InChI is InChI=1S/C11H9BrN2O2/c1-7-2-3-8(6-13-7)14-11(15)9-4-5-10(12)16-9/h2-6H,1H3,(H,14,15). The van der Waals surface area contributed by atoms with E-state index in [9.17, 15) is 4.79 Å². The van der Waals surface area contributed by atoms with Crippen molar-refractivity contribution in [1.29, 1.82) is 0 Å². The molecule has 0 saturated carbocycles. The molecule has 0 aromatic carbocycles. The van der Waals surface area contributed by atoms with Gasteiger partial charge in [0.05, 0.1) is 11.9 Å². The maximum Gasteiger partial charge on any atom is 0.291 e. The predicted octanol–water partition coefficient (Wildman–Crippen LogP) is 3.00. The summed E-state index contributed by atoms with van der Waals surface area (Å²) in [5.74, 6) is -0.0381. The molecule has 0 bridgehead atoms. The Morgan fingerprint density at radius 2 is 2.19 bits per heavy atom. The van der Waals surface area contributed by atoms with Crippen molar-refractivity contribution in [3.63, 3.8) is 0 Å². The number of aromatic nitrogens is 1. The molecule has 2 heterocycles. The van der Waals surface area contributed by atoms with Gasteiger partial charge < -0.3 is 9.73 Å². The van der Waals surface area contributed by atoms with Crippen LogP contribution in [0.1, 0.15) is 16.2 Å². The molecular formula is C11H9BrN2O2. The van der Waals surface area contributed by atoms with E-state index in [1.165, 1.54) is 0 Å². The molecule has 1 amide bonds. The third kappa shape index (κ3) is 2.49. The van der Waals surface area contributed by atoms with Gasteiger partial charge in [-0.15, -0.1) is 0 Å². The topological polar surface area (TPSA) is 55.1 Å². The summed E-state index contributed by atoms with van der Waals surface area (Å²) in [6.45, 7) is 1.88. The summed E-state index contributed by atoms with van der Waals surface area (Å²) in [5.41, 5.74) is 1.54. The largest absolute Gasteiger partial charge is 0.444 e. The molecule has 0 spiro atoms. The summed E-state index contributed by atoms with van der Waals surface area (Å²) in [4.78, 5) is 15.7. The van der Waals surface area contributed by atoms with Gasteiger partial charge in [0.2, 0.25) is 0 Å². The lowest BCUT2D eigenvalue weighted by molar-refractivity contribution is 0.0995. The summed E-state index contributed by atoms with van der Waals surface area (Å²) in [5, 5.41) is 2.68. The zero-order chi connectivity index (χ0) is 11.5. The fourth-order valence-electron chi connectivity index (χ4n) is 1.17. The Morgan fingerprint density at radius 1 is 1.38 bits per heavy atom. The molecular weight excluding hydrogens is 272 g/mol. The minimum atomic E-state index is -0.295. The van der Waals surface area contributed by atoms with Crippen LogP contribution >= 0.6 is 15.9 Å². The number of nitrogens with zero attached hydrogens (tertiary/aromatic N) is 1. The molecule has 2 rings (SSSR count). The zero-order valence-electron chi connectivity index (χ0n) is 8.53. The van der Waals surface area contributed by atoms with Crippen LogP contribution in [0, 0.1) is 6.92 Å². The highest BCUT2D eigenvalue weighted by atomic mass is 79.9. The summed E-state index contributed by atoms with van der Waals surface area (Å²) < 4.78 is 5.65. The molecule has 0 aliphatic heterocycles.